The molecule has 10 heteroatoms. The van der Waals surface area contributed by atoms with Crippen molar-refractivity contribution in [2.45, 2.75) is 25.6 Å². The van der Waals surface area contributed by atoms with Gasteiger partial charge in [0.2, 0.25) is 0 Å². The average Bonchev–Trinajstić information content (AvgIpc) is 2.37. The van der Waals surface area contributed by atoms with Gasteiger partial charge in [-0.05, 0) is 31.5 Å². The van der Waals surface area contributed by atoms with Crippen molar-refractivity contribution in [3.05, 3.63) is 33.7 Å². The molecule has 1 aromatic carbocycles. The van der Waals surface area contributed by atoms with E-state index >= 15 is 0 Å². The summed E-state index contributed by atoms with van der Waals surface area (Å²) >= 11 is 0. The second-order valence-electron chi connectivity index (χ2n) is 4.70. The summed E-state index contributed by atoms with van der Waals surface area (Å²) < 4.78 is 39.2. The highest BCUT2D eigenvalue weighted by Crippen LogP contribution is 2.43. The largest absolute Gasteiger partial charge is 0.418 e. The lowest BCUT2D eigenvalue weighted by Gasteiger charge is -2.19. The molecule has 22 heavy (non-hydrogen) atoms. The number of azide groups is 1. The van der Waals surface area contributed by atoms with Gasteiger partial charge in [0.1, 0.15) is 5.60 Å². The lowest BCUT2D eigenvalue weighted by molar-refractivity contribution is -0.137. The summed E-state index contributed by atoms with van der Waals surface area (Å²) in [7, 11) is 0. The van der Waals surface area contributed by atoms with Gasteiger partial charge in [0.15, 0.2) is 0 Å². The molecule has 0 spiro atoms. The van der Waals surface area contributed by atoms with Crippen molar-refractivity contribution in [1.82, 2.24) is 0 Å². The van der Waals surface area contributed by atoms with Crippen molar-refractivity contribution in [3.63, 3.8) is 0 Å². The first kappa shape index (κ1) is 17.3. The van der Waals surface area contributed by atoms with E-state index in [1.807, 2.05) is 5.32 Å². The van der Waals surface area contributed by atoms with Gasteiger partial charge in [0, 0.05) is 4.91 Å². The number of alkyl halides is 3. The first-order valence-corrected chi connectivity index (χ1v) is 5.75. The number of carbonyl (C=O) groups excluding carboxylic acids is 1. The standard InChI is InChI=1S/C12H10F3N5O2/c1-11(2,22)10(21)18-7-4-3-6(5-16)8(12(13,14)15)9(7)19-20-17/h3-4,22H,1-2H3,(H,18,21). The summed E-state index contributed by atoms with van der Waals surface area (Å²) in [6, 6.07) is 3.17. The average molecular weight is 313 g/mol. The van der Waals surface area contributed by atoms with E-state index in [1.165, 1.54) is 6.07 Å². The Hall–Kier alpha value is -2.76. The van der Waals surface area contributed by atoms with Gasteiger partial charge in [-0.15, -0.1) is 0 Å². The molecule has 0 heterocycles. The molecule has 0 aliphatic rings. The highest BCUT2D eigenvalue weighted by atomic mass is 19.4. The Labute approximate surface area is 122 Å². The molecule has 0 saturated carbocycles. The van der Waals surface area contributed by atoms with Gasteiger partial charge in [-0.3, -0.25) is 4.79 Å². The number of amides is 1. The quantitative estimate of drug-likeness (QED) is 0.506. The zero-order valence-electron chi connectivity index (χ0n) is 11.4. The number of nitrogens with zero attached hydrogens (tertiary/aromatic N) is 4. The number of rotatable bonds is 3. The molecule has 1 aromatic rings. The summed E-state index contributed by atoms with van der Waals surface area (Å²) in [5, 5.41) is 23.2. The SMILES string of the molecule is CC(C)(O)C(=O)Nc1ccc(C#N)c(C(F)(F)F)c1N=[N+]=[N-]. The summed E-state index contributed by atoms with van der Waals surface area (Å²) in [6.45, 7) is 2.26. The molecule has 1 rings (SSSR count). The number of carbonyl (C=O) groups is 1. The second-order valence-corrected chi connectivity index (χ2v) is 4.70. The molecular weight excluding hydrogens is 303 g/mol. The summed E-state index contributed by atoms with van der Waals surface area (Å²) in [5.41, 5.74) is 2.97. The Morgan fingerprint density at radius 3 is 2.45 bits per heavy atom. The van der Waals surface area contributed by atoms with Crippen molar-refractivity contribution >= 4 is 17.3 Å². The van der Waals surface area contributed by atoms with Crippen molar-refractivity contribution in [2.24, 2.45) is 5.11 Å². The number of aliphatic hydroxyl groups is 1. The fourth-order valence-electron chi connectivity index (χ4n) is 1.50. The summed E-state index contributed by atoms with van der Waals surface area (Å²) in [6.07, 6.45) is -4.97. The highest BCUT2D eigenvalue weighted by molar-refractivity contribution is 5.99. The molecule has 0 fully saturated rings. The molecular formula is C12H10F3N5O2. The Bertz CT molecular complexity index is 694. The van der Waals surface area contributed by atoms with Crippen LogP contribution in [0.4, 0.5) is 24.5 Å². The zero-order chi connectivity index (χ0) is 17.1. The molecule has 0 bridgehead atoms. The third-order valence-electron chi connectivity index (χ3n) is 2.53. The van der Waals surface area contributed by atoms with Gasteiger partial charge < -0.3 is 10.4 Å². The van der Waals surface area contributed by atoms with Crippen molar-refractivity contribution in [3.8, 4) is 6.07 Å². The van der Waals surface area contributed by atoms with Crippen LogP contribution in [-0.2, 0) is 11.0 Å². The second kappa shape index (κ2) is 5.93. The maximum atomic E-state index is 13.1. The molecule has 116 valence electrons. The van der Waals surface area contributed by atoms with E-state index in [0.717, 1.165) is 26.0 Å². The van der Waals surface area contributed by atoms with Gasteiger partial charge in [-0.1, -0.05) is 5.11 Å². The summed E-state index contributed by atoms with van der Waals surface area (Å²) in [4.78, 5) is 14.0. The zero-order valence-corrected chi connectivity index (χ0v) is 11.4. The van der Waals surface area contributed by atoms with Gasteiger partial charge in [-0.25, -0.2) is 0 Å². The van der Waals surface area contributed by atoms with E-state index in [0.29, 0.717) is 0 Å². The predicted octanol–water partition coefficient (Wildman–Crippen LogP) is 3.23. The monoisotopic (exact) mass is 313 g/mol. The van der Waals surface area contributed by atoms with Crippen molar-refractivity contribution in [1.29, 1.82) is 5.26 Å². The first-order chi connectivity index (χ1) is 10.0. The molecule has 0 radical (unpaired) electrons. The van der Waals surface area contributed by atoms with Crippen LogP contribution in [0.1, 0.15) is 25.0 Å². The van der Waals surface area contributed by atoms with Crippen molar-refractivity contribution < 1.29 is 23.1 Å². The lowest BCUT2D eigenvalue weighted by atomic mass is 10.0. The molecule has 0 aliphatic carbocycles. The van der Waals surface area contributed by atoms with Crippen LogP contribution >= 0.6 is 0 Å². The third-order valence-corrected chi connectivity index (χ3v) is 2.53. The first-order valence-electron chi connectivity index (χ1n) is 5.75. The molecule has 7 nitrogen and oxygen atoms in total. The number of hydrogen-bond acceptors (Lipinski definition) is 4. The number of anilines is 1. The molecule has 0 unspecified atom stereocenters. The smallest absolute Gasteiger partial charge is 0.381 e. The minimum Gasteiger partial charge on any atom is -0.381 e. The maximum Gasteiger partial charge on any atom is 0.418 e. The van der Waals surface area contributed by atoms with Crippen molar-refractivity contribution in [2.75, 3.05) is 5.32 Å². The van der Waals surface area contributed by atoms with E-state index in [2.05, 4.69) is 10.0 Å². The van der Waals surface area contributed by atoms with Crippen LogP contribution < -0.4 is 5.32 Å². The number of halogens is 3. The molecule has 0 saturated heterocycles. The minimum atomic E-state index is -4.97. The van der Waals surface area contributed by atoms with Gasteiger partial charge in [0.05, 0.1) is 28.6 Å². The molecule has 0 aromatic heterocycles. The summed E-state index contributed by atoms with van der Waals surface area (Å²) in [5.74, 6) is -1.00. The van der Waals surface area contributed by atoms with E-state index in [4.69, 9.17) is 10.8 Å². The predicted molar refractivity (Wildman–Crippen MR) is 69.9 cm³/mol. The Morgan fingerprint density at radius 1 is 1.45 bits per heavy atom. The fourth-order valence-corrected chi connectivity index (χ4v) is 1.50. The fraction of sp³-hybridized carbons (Fsp3) is 0.333. The topological polar surface area (TPSA) is 122 Å². The number of nitrogens with one attached hydrogen (secondary N) is 1. The number of nitriles is 1. The Balaban J connectivity index is 3.59. The lowest BCUT2D eigenvalue weighted by Crippen LogP contribution is -2.36. The van der Waals surface area contributed by atoms with E-state index in [1.54, 1.807) is 0 Å². The van der Waals surface area contributed by atoms with Crippen LogP contribution in [0.3, 0.4) is 0 Å². The Morgan fingerprint density at radius 2 is 2.05 bits per heavy atom. The van der Waals surface area contributed by atoms with Crippen LogP contribution in [0, 0.1) is 11.3 Å². The van der Waals surface area contributed by atoms with Gasteiger partial charge in [-0.2, -0.15) is 18.4 Å². The molecule has 0 aliphatic heterocycles. The van der Waals surface area contributed by atoms with E-state index in [-0.39, 0.29) is 0 Å². The molecule has 0 atom stereocenters. The number of hydrogen-bond donors (Lipinski definition) is 2. The van der Waals surface area contributed by atoms with Gasteiger partial charge in [0.25, 0.3) is 5.91 Å². The van der Waals surface area contributed by atoms with Crippen LogP contribution in [0.25, 0.3) is 10.4 Å². The van der Waals surface area contributed by atoms with Crippen LogP contribution in [0.2, 0.25) is 0 Å². The minimum absolute atomic E-state index is 0.462. The van der Waals surface area contributed by atoms with Crippen LogP contribution in [-0.4, -0.2) is 16.6 Å². The van der Waals surface area contributed by atoms with Crippen LogP contribution in [0.15, 0.2) is 17.2 Å². The van der Waals surface area contributed by atoms with E-state index < -0.39 is 40.2 Å². The number of benzene rings is 1. The highest BCUT2D eigenvalue weighted by Gasteiger charge is 2.38. The molecule has 2 N–H and O–H groups in total. The normalized spacial score (nSPS) is 11.3. The maximum absolute atomic E-state index is 13.1. The van der Waals surface area contributed by atoms with E-state index in [9.17, 15) is 23.1 Å². The Kier molecular flexibility index (Phi) is 4.66. The molecule has 1 amide bonds. The van der Waals surface area contributed by atoms with Crippen LogP contribution in [0.5, 0.6) is 0 Å². The van der Waals surface area contributed by atoms with Gasteiger partial charge >= 0.3 is 6.18 Å². The third kappa shape index (κ3) is 3.66.